The highest BCUT2D eigenvalue weighted by Gasteiger charge is 2.24. The molecular weight excluding hydrogens is 489 g/mol. The number of nitrogens with zero attached hydrogens (tertiary/aromatic N) is 4. The minimum Gasteiger partial charge on any atom is -0.501 e. The maximum atomic E-state index is 13.1. The number of carbonyl (C=O) groups is 1. The SMILES string of the molecule is CCCN(CCC)c1cc(N(C)S(C)(=O)=O)c2nc(C(=O)NCc3ccc(F)cc3)c(O)c(=O)n2c1. The third-order valence-electron chi connectivity index (χ3n) is 5.64. The van der Waals surface area contributed by atoms with Crippen LogP contribution in [0.4, 0.5) is 15.8 Å². The maximum absolute atomic E-state index is 13.1. The molecule has 2 aromatic heterocycles. The summed E-state index contributed by atoms with van der Waals surface area (Å²) >= 11 is 0. The molecule has 194 valence electrons. The van der Waals surface area contributed by atoms with Gasteiger partial charge in [0.25, 0.3) is 5.91 Å². The van der Waals surface area contributed by atoms with E-state index in [2.05, 4.69) is 10.3 Å². The summed E-state index contributed by atoms with van der Waals surface area (Å²) in [6.07, 6.45) is 4.14. The first kappa shape index (κ1) is 26.9. The van der Waals surface area contributed by atoms with Gasteiger partial charge in [-0.15, -0.1) is 0 Å². The highest BCUT2D eigenvalue weighted by molar-refractivity contribution is 7.92. The van der Waals surface area contributed by atoms with Gasteiger partial charge in [0.1, 0.15) is 5.82 Å². The minimum absolute atomic E-state index is 0.00234. The van der Waals surface area contributed by atoms with E-state index in [0.717, 1.165) is 27.8 Å². The van der Waals surface area contributed by atoms with Crippen molar-refractivity contribution in [2.24, 2.45) is 0 Å². The van der Waals surface area contributed by atoms with Gasteiger partial charge in [0.05, 0.1) is 17.6 Å². The molecule has 36 heavy (non-hydrogen) atoms. The molecular formula is C24H30FN5O5S. The zero-order chi connectivity index (χ0) is 26.6. The minimum atomic E-state index is -3.75. The molecule has 0 atom stereocenters. The fraction of sp³-hybridized carbons (Fsp3) is 0.375. The molecule has 0 radical (unpaired) electrons. The Kier molecular flexibility index (Phi) is 8.18. The van der Waals surface area contributed by atoms with E-state index in [1.54, 1.807) is 6.07 Å². The summed E-state index contributed by atoms with van der Waals surface area (Å²) in [5.74, 6) is -2.14. The number of aromatic hydroxyl groups is 1. The predicted molar refractivity (Wildman–Crippen MR) is 137 cm³/mol. The average molecular weight is 520 g/mol. The smallest absolute Gasteiger partial charge is 0.301 e. The molecule has 1 amide bonds. The van der Waals surface area contributed by atoms with Crippen LogP contribution in [0.15, 0.2) is 41.3 Å². The van der Waals surface area contributed by atoms with Crippen LogP contribution >= 0.6 is 0 Å². The third-order valence-corrected chi connectivity index (χ3v) is 6.83. The standard InChI is InChI=1S/C24H30FN5O5S/c1-5-11-29(12-6-2)18-13-19(28(3)36(4,34)35)22-27-20(21(31)24(33)30(22)15-18)23(32)26-14-16-7-9-17(25)10-8-16/h7-10,13,15,31H,5-6,11-12,14H2,1-4H3,(H,26,32). The highest BCUT2D eigenvalue weighted by atomic mass is 32.2. The first-order chi connectivity index (χ1) is 17.0. The van der Waals surface area contributed by atoms with Crippen LogP contribution in [0.1, 0.15) is 42.7 Å². The molecule has 12 heteroatoms. The van der Waals surface area contributed by atoms with Gasteiger partial charge in [-0.25, -0.2) is 17.8 Å². The molecule has 2 heterocycles. The Morgan fingerprint density at radius 1 is 1.17 bits per heavy atom. The summed E-state index contributed by atoms with van der Waals surface area (Å²) in [7, 11) is -2.43. The van der Waals surface area contributed by atoms with Gasteiger partial charge in [-0.3, -0.25) is 18.3 Å². The van der Waals surface area contributed by atoms with E-state index in [-0.39, 0.29) is 17.9 Å². The topological polar surface area (TPSA) is 124 Å². The number of sulfonamides is 1. The van der Waals surface area contributed by atoms with E-state index in [0.29, 0.717) is 24.3 Å². The lowest BCUT2D eigenvalue weighted by molar-refractivity contribution is 0.0942. The maximum Gasteiger partial charge on any atom is 0.301 e. The summed E-state index contributed by atoms with van der Waals surface area (Å²) < 4.78 is 40.0. The van der Waals surface area contributed by atoms with Crippen molar-refractivity contribution < 1.29 is 22.7 Å². The van der Waals surface area contributed by atoms with Gasteiger partial charge in [-0.2, -0.15) is 0 Å². The summed E-state index contributed by atoms with van der Waals surface area (Å²) in [6, 6.07) is 7.05. The van der Waals surface area contributed by atoms with Crippen LogP contribution < -0.4 is 20.1 Å². The van der Waals surface area contributed by atoms with Gasteiger partial charge < -0.3 is 15.3 Å². The van der Waals surface area contributed by atoms with Crippen molar-refractivity contribution >= 4 is 33.0 Å². The van der Waals surface area contributed by atoms with Crippen LogP contribution in [0.25, 0.3) is 5.65 Å². The van der Waals surface area contributed by atoms with E-state index < -0.39 is 38.8 Å². The fourth-order valence-corrected chi connectivity index (χ4v) is 4.21. The highest BCUT2D eigenvalue weighted by Crippen LogP contribution is 2.28. The first-order valence-corrected chi connectivity index (χ1v) is 13.3. The van der Waals surface area contributed by atoms with Crippen molar-refractivity contribution in [3.05, 3.63) is 64.0 Å². The van der Waals surface area contributed by atoms with Gasteiger partial charge in [0.2, 0.25) is 15.8 Å². The fourth-order valence-electron chi connectivity index (χ4n) is 3.72. The second-order valence-electron chi connectivity index (χ2n) is 8.42. The lowest BCUT2D eigenvalue weighted by atomic mass is 10.2. The zero-order valence-electron chi connectivity index (χ0n) is 20.7. The Labute approximate surface area is 209 Å². The molecule has 3 rings (SSSR count). The number of rotatable bonds is 10. The molecule has 0 fully saturated rings. The third kappa shape index (κ3) is 5.76. The van der Waals surface area contributed by atoms with Crippen molar-refractivity contribution in [2.45, 2.75) is 33.2 Å². The number of halogens is 1. The number of benzene rings is 1. The summed E-state index contributed by atoms with van der Waals surface area (Å²) in [4.78, 5) is 32.2. The van der Waals surface area contributed by atoms with Crippen LogP contribution in [0.3, 0.4) is 0 Å². The average Bonchev–Trinajstić information content (AvgIpc) is 2.84. The monoisotopic (exact) mass is 519 g/mol. The number of fused-ring (bicyclic) bond motifs is 1. The molecule has 10 nitrogen and oxygen atoms in total. The number of anilines is 2. The Balaban J connectivity index is 2.15. The van der Waals surface area contributed by atoms with Crippen LogP contribution in [-0.2, 0) is 16.6 Å². The van der Waals surface area contributed by atoms with Gasteiger partial charge in [0.15, 0.2) is 11.3 Å². The van der Waals surface area contributed by atoms with Gasteiger partial charge in [0, 0.05) is 32.9 Å². The number of carbonyl (C=O) groups excluding carboxylic acids is 1. The van der Waals surface area contributed by atoms with Gasteiger partial charge in [-0.1, -0.05) is 26.0 Å². The normalized spacial score (nSPS) is 11.5. The second kappa shape index (κ2) is 10.9. The Bertz CT molecular complexity index is 1420. The van der Waals surface area contributed by atoms with Crippen LogP contribution in [0.2, 0.25) is 0 Å². The summed E-state index contributed by atoms with van der Waals surface area (Å²) in [5.41, 5.74) is -0.308. The van der Waals surface area contributed by atoms with Crippen molar-refractivity contribution in [3.63, 3.8) is 0 Å². The molecule has 0 aliphatic rings. The van der Waals surface area contributed by atoms with E-state index >= 15 is 0 Å². The molecule has 0 bridgehead atoms. The summed E-state index contributed by atoms with van der Waals surface area (Å²) in [6.45, 7) is 5.34. The molecule has 0 spiro atoms. The van der Waals surface area contributed by atoms with Crippen LogP contribution in [0.5, 0.6) is 5.75 Å². The molecule has 1 aromatic carbocycles. The first-order valence-electron chi connectivity index (χ1n) is 11.5. The van der Waals surface area contributed by atoms with E-state index in [1.807, 2.05) is 18.7 Å². The van der Waals surface area contributed by atoms with Gasteiger partial charge >= 0.3 is 5.56 Å². The van der Waals surface area contributed by atoms with E-state index in [1.165, 1.54) is 37.5 Å². The Morgan fingerprint density at radius 2 is 1.78 bits per heavy atom. The van der Waals surface area contributed by atoms with Crippen molar-refractivity contribution in [3.8, 4) is 5.75 Å². The lowest BCUT2D eigenvalue weighted by Crippen LogP contribution is -2.31. The number of hydrogen-bond donors (Lipinski definition) is 2. The zero-order valence-corrected chi connectivity index (χ0v) is 21.5. The van der Waals surface area contributed by atoms with Crippen LogP contribution in [-0.4, -0.2) is 55.2 Å². The molecule has 0 saturated carbocycles. The largest absolute Gasteiger partial charge is 0.501 e. The molecule has 3 aromatic rings. The molecule has 0 saturated heterocycles. The van der Waals surface area contributed by atoms with Gasteiger partial charge in [-0.05, 0) is 36.6 Å². The van der Waals surface area contributed by atoms with Crippen LogP contribution in [0, 0.1) is 5.82 Å². The van der Waals surface area contributed by atoms with E-state index in [4.69, 9.17) is 0 Å². The molecule has 2 N–H and O–H groups in total. The summed E-state index contributed by atoms with van der Waals surface area (Å²) in [5, 5.41) is 13.1. The number of hydrogen-bond acceptors (Lipinski definition) is 7. The second-order valence-corrected chi connectivity index (χ2v) is 10.4. The predicted octanol–water partition coefficient (Wildman–Crippen LogP) is 2.49. The van der Waals surface area contributed by atoms with Crippen molar-refractivity contribution in [1.29, 1.82) is 0 Å². The van der Waals surface area contributed by atoms with Crippen molar-refractivity contribution in [2.75, 3.05) is 35.6 Å². The Morgan fingerprint density at radius 3 is 2.33 bits per heavy atom. The Hall–Kier alpha value is -3.67. The van der Waals surface area contributed by atoms with E-state index in [9.17, 15) is 27.5 Å². The number of pyridine rings is 1. The number of aromatic nitrogens is 2. The molecule has 0 aliphatic carbocycles. The molecule has 0 aliphatic heterocycles. The quantitative estimate of drug-likeness (QED) is 0.422. The molecule has 0 unspecified atom stereocenters. The number of nitrogens with one attached hydrogen (secondary N) is 1. The lowest BCUT2D eigenvalue weighted by Gasteiger charge is -2.27. The number of amides is 1. The van der Waals surface area contributed by atoms with Crippen molar-refractivity contribution in [1.82, 2.24) is 14.7 Å².